The lowest BCUT2D eigenvalue weighted by Gasteiger charge is -2.37. The molecule has 5 nitrogen and oxygen atoms in total. The lowest BCUT2D eigenvalue weighted by atomic mass is 9.83. The largest absolute Gasteiger partial charge is 0.486 e. The average molecular weight is 369 g/mol. The molecule has 0 unspecified atom stereocenters. The Morgan fingerprint density at radius 2 is 1.93 bits per heavy atom. The summed E-state index contributed by atoms with van der Waals surface area (Å²) in [5, 5.41) is 3.57. The van der Waals surface area contributed by atoms with Gasteiger partial charge in [0.2, 0.25) is 0 Å². The topological polar surface area (TPSA) is 68.5 Å². The van der Waals surface area contributed by atoms with Crippen molar-refractivity contribution in [2.24, 2.45) is 0 Å². The number of ketones is 1. The summed E-state index contributed by atoms with van der Waals surface area (Å²) in [5.74, 6) is 0.802. The van der Waals surface area contributed by atoms with Gasteiger partial charge in [-0.05, 0) is 51.2 Å². The van der Waals surface area contributed by atoms with Crippen LogP contribution < -0.4 is 10.1 Å². The summed E-state index contributed by atoms with van der Waals surface area (Å²) in [6.07, 6.45) is 7.78. The molecule has 1 aromatic carbocycles. The number of Topliss-reactive ketones (excluding diaryl/α,β-unsaturated/α-hetero) is 1. The first-order chi connectivity index (χ1) is 13.0. The molecule has 1 aromatic heterocycles. The number of ether oxygens (including phenoxy) is 1. The van der Waals surface area contributed by atoms with Crippen LogP contribution in [0.3, 0.4) is 0 Å². The first kappa shape index (κ1) is 18.1. The van der Waals surface area contributed by atoms with Crippen LogP contribution in [-0.4, -0.2) is 23.8 Å². The molecule has 1 saturated carbocycles. The van der Waals surface area contributed by atoms with Crippen molar-refractivity contribution < 1.29 is 18.7 Å². The van der Waals surface area contributed by atoms with E-state index in [0.717, 1.165) is 37.5 Å². The van der Waals surface area contributed by atoms with Crippen LogP contribution >= 0.6 is 0 Å². The van der Waals surface area contributed by atoms with Crippen LogP contribution in [0.15, 0.2) is 16.5 Å². The third kappa shape index (κ3) is 3.13. The van der Waals surface area contributed by atoms with E-state index in [1.54, 1.807) is 0 Å². The van der Waals surface area contributed by atoms with Crippen molar-refractivity contribution >= 4 is 22.7 Å². The van der Waals surface area contributed by atoms with Gasteiger partial charge in [-0.15, -0.1) is 0 Å². The van der Waals surface area contributed by atoms with Gasteiger partial charge in [-0.2, -0.15) is 0 Å². The van der Waals surface area contributed by atoms with Crippen molar-refractivity contribution in [3.8, 4) is 5.75 Å². The molecule has 1 fully saturated rings. The minimum Gasteiger partial charge on any atom is -0.486 e. The molecule has 4 rings (SSSR count). The fourth-order valence-electron chi connectivity index (χ4n) is 4.52. The molecular formula is C22H27NO4. The van der Waals surface area contributed by atoms with Crippen LogP contribution in [0.4, 0.5) is 0 Å². The van der Waals surface area contributed by atoms with E-state index in [2.05, 4.69) is 5.32 Å². The van der Waals surface area contributed by atoms with Gasteiger partial charge in [0, 0.05) is 17.5 Å². The molecule has 1 spiro atoms. The van der Waals surface area contributed by atoms with Crippen molar-refractivity contribution in [3.63, 3.8) is 0 Å². The summed E-state index contributed by atoms with van der Waals surface area (Å²) in [4.78, 5) is 25.6. The minimum atomic E-state index is -0.354. The highest BCUT2D eigenvalue weighted by Crippen LogP contribution is 2.44. The highest BCUT2D eigenvalue weighted by Gasteiger charge is 2.42. The molecule has 0 saturated heterocycles. The number of fused-ring (bicyclic) bond motifs is 3. The molecule has 1 aliphatic heterocycles. The first-order valence-corrected chi connectivity index (χ1v) is 10.1. The fourth-order valence-corrected chi connectivity index (χ4v) is 4.52. The third-order valence-electron chi connectivity index (χ3n) is 5.90. The number of hydrogen-bond acceptors (Lipinski definition) is 4. The number of hydrogen-bond donors (Lipinski definition) is 1. The first-order valence-electron chi connectivity index (χ1n) is 10.1. The highest BCUT2D eigenvalue weighted by molar-refractivity contribution is 6.13. The zero-order valence-corrected chi connectivity index (χ0v) is 16.2. The van der Waals surface area contributed by atoms with Crippen molar-refractivity contribution in [3.05, 3.63) is 29.0 Å². The van der Waals surface area contributed by atoms with Crippen LogP contribution in [0.5, 0.6) is 5.75 Å². The van der Waals surface area contributed by atoms with Gasteiger partial charge in [0.1, 0.15) is 16.9 Å². The van der Waals surface area contributed by atoms with E-state index in [1.165, 1.54) is 12.8 Å². The lowest BCUT2D eigenvalue weighted by Crippen LogP contribution is -2.41. The monoisotopic (exact) mass is 369 g/mol. The molecule has 1 N–H and O–H groups in total. The SMILES string of the molecule is CCCNC(=O)c1oc2ccc3c(c2c1C)C(=O)CC1(CCCCCC1)O3. The van der Waals surface area contributed by atoms with Crippen molar-refractivity contribution in [1.82, 2.24) is 5.32 Å². The van der Waals surface area contributed by atoms with Gasteiger partial charge in [-0.1, -0.05) is 19.8 Å². The van der Waals surface area contributed by atoms with Gasteiger partial charge in [0.05, 0.1) is 12.0 Å². The number of rotatable bonds is 3. The molecule has 0 radical (unpaired) electrons. The smallest absolute Gasteiger partial charge is 0.287 e. The molecule has 0 atom stereocenters. The molecule has 1 amide bonds. The van der Waals surface area contributed by atoms with Crippen LogP contribution in [0.1, 0.15) is 84.8 Å². The zero-order valence-electron chi connectivity index (χ0n) is 16.2. The lowest BCUT2D eigenvalue weighted by molar-refractivity contribution is 0.0301. The Bertz CT molecular complexity index is 887. The van der Waals surface area contributed by atoms with Crippen molar-refractivity contribution in [2.45, 2.75) is 70.8 Å². The second kappa shape index (κ2) is 7.02. The zero-order chi connectivity index (χ0) is 19.0. The van der Waals surface area contributed by atoms with E-state index >= 15 is 0 Å². The Hall–Kier alpha value is -2.30. The summed E-state index contributed by atoms with van der Waals surface area (Å²) in [5.41, 5.74) is 1.51. The van der Waals surface area contributed by atoms with E-state index in [4.69, 9.17) is 9.15 Å². The Balaban J connectivity index is 1.76. The summed E-state index contributed by atoms with van der Waals surface area (Å²) >= 11 is 0. The molecule has 0 bridgehead atoms. The summed E-state index contributed by atoms with van der Waals surface area (Å²) in [7, 11) is 0. The van der Waals surface area contributed by atoms with Gasteiger partial charge in [-0.25, -0.2) is 0 Å². The normalized spacial score (nSPS) is 18.8. The van der Waals surface area contributed by atoms with Crippen LogP contribution in [0, 0.1) is 6.92 Å². The van der Waals surface area contributed by atoms with E-state index in [1.807, 2.05) is 26.0 Å². The maximum atomic E-state index is 13.2. The number of carbonyl (C=O) groups is 2. The Labute approximate surface area is 159 Å². The standard InChI is InChI=1S/C22H27NO4/c1-3-12-23-21(25)20-14(2)18-16(26-20)8-9-17-19(18)15(24)13-22(27-17)10-6-4-5-7-11-22/h8-9H,3-7,10-13H2,1-2H3,(H,23,25). The number of nitrogens with one attached hydrogen (secondary N) is 1. The number of carbonyl (C=O) groups excluding carboxylic acids is 2. The predicted octanol–water partition coefficient (Wildman–Crippen LogP) is 4.94. The van der Waals surface area contributed by atoms with Crippen LogP contribution in [0.2, 0.25) is 0 Å². The maximum absolute atomic E-state index is 13.2. The second-order valence-electron chi connectivity index (χ2n) is 7.92. The maximum Gasteiger partial charge on any atom is 0.287 e. The van der Waals surface area contributed by atoms with Crippen LogP contribution in [0.25, 0.3) is 11.0 Å². The summed E-state index contributed by atoms with van der Waals surface area (Å²) in [6.45, 7) is 4.44. The van der Waals surface area contributed by atoms with E-state index < -0.39 is 0 Å². The van der Waals surface area contributed by atoms with E-state index in [-0.39, 0.29) is 23.1 Å². The van der Waals surface area contributed by atoms with Crippen molar-refractivity contribution in [1.29, 1.82) is 0 Å². The average Bonchev–Trinajstić information content (AvgIpc) is 2.83. The Morgan fingerprint density at radius 1 is 1.19 bits per heavy atom. The quantitative estimate of drug-likeness (QED) is 0.832. The van der Waals surface area contributed by atoms with Crippen LogP contribution in [-0.2, 0) is 0 Å². The van der Waals surface area contributed by atoms with Gasteiger partial charge >= 0.3 is 0 Å². The van der Waals surface area contributed by atoms with E-state index in [9.17, 15) is 9.59 Å². The Kier molecular flexibility index (Phi) is 4.70. The highest BCUT2D eigenvalue weighted by atomic mass is 16.5. The Morgan fingerprint density at radius 3 is 2.63 bits per heavy atom. The number of aryl methyl sites for hydroxylation is 1. The molecule has 1 aliphatic carbocycles. The molecular weight excluding hydrogens is 342 g/mol. The molecule has 2 aromatic rings. The van der Waals surface area contributed by atoms with Gasteiger partial charge < -0.3 is 14.5 Å². The summed E-state index contributed by atoms with van der Waals surface area (Å²) < 4.78 is 12.3. The van der Waals surface area contributed by atoms with Gasteiger partial charge in [-0.3, -0.25) is 9.59 Å². The number of amides is 1. The molecule has 2 heterocycles. The summed E-state index contributed by atoms with van der Waals surface area (Å²) in [6, 6.07) is 3.65. The van der Waals surface area contributed by atoms with Gasteiger partial charge in [0.25, 0.3) is 5.91 Å². The molecule has 2 aliphatic rings. The number of benzene rings is 1. The fraction of sp³-hybridized carbons (Fsp3) is 0.545. The van der Waals surface area contributed by atoms with Crippen molar-refractivity contribution in [2.75, 3.05) is 6.54 Å². The number of furan rings is 1. The molecule has 5 heteroatoms. The van der Waals surface area contributed by atoms with E-state index in [0.29, 0.717) is 35.4 Å². The third-order valence-corrected chi connectivity index (χ3v) is 5.90. The second-order valence-corrected chi connectivity index (χ2v) is 7.92. The molecule has 144 valence electrons. The minimum absolute atomic E-state index is 0.105. The predicted molar refractivity (Wildman–Crippen MR) is 104 cm³/mol. The van der Waals surface area contributed by atoms with Gasteiger partial charge in [0.15, 0.2) is 11.5 Å². The molecule has 27 heavy (non-hydrogen) atoms.